The average molecular weight is 298 g/mol. The molecule has 1 saturated carbocycles. The van der Waals surface area contributed by atoms with E-state index in [-0.39, 0.29) is 5.41 Å². The molecule has 0 aromatic heterocycles. The number of amides is 1. The first-order chi connectivity index (χ1) is 9.72. The average Bonchev–Trinajstić information content (AvgIpc) is 2.49. The zero-order valence-electron chi connectivity index (χ0n) is 13.0. The van der Waals surface area contributed by atoms with Crippen molar-refractivity contribution >= 4 is 17.7 Å². The third kappa shape index (κ3) is 3.70. The Morgan fingerprint density at radius 1 is 1.30 bits per heavy atom. The fourth-order valence-corrected chi connectivity index (χ4v) is 4.78. The number of carbonyl (C=O) groups excluding carboxylic acids is 1. The summed E-state index contributed by atoms with van der Waals surface area (Å²) in [5, 5.41) is 7.44. The van der Waals surface area contributed by atoms with E-state index in [0.717, 1.165) is 45.2 Å². The van der Waals surface area contributed by atoms with Crippen molar-refractivity contribution in [3.05, 3.63) is 0 Å². The van der Waals surface area contributed by atoms with Gasteiger partial charge in [-0.05, 0) is 51.4 Å². The zero-order valence-corrected chi connectivity index (χ0v) is 13.9. The second kappa shape index (κ2) is 7.69. The van der Waals surface area contributed by atoms with Gasteiger partial charge in [0.05, 0.1) is 5.41 Å². The molecule has 2 aliphatic rings. The summed E-state index contributed by atoms with van der Waals surface area (Å²) in [6.45, 7) is 4.18. The maximum Gasteiger partial charge on any atom is 0.226 e. The molecular weight excluding hydrogens is 268 g/mol. The fourth-order valence-electron chi connectivity index (χ4n) is 3.84. The summed E-state index contributed by atoms with van der Waals surface area (Å²) in [5.74, 6) is 0.340. The molecule has 116 valence electrons. The molecule has 0 bridgehead atoms. The standard InChI is InChI=1S/C16H30N2OS/c1-3-8-16(9-11-17-12-10-16)15(19)18-13-6-4-5-7-14(13)20-2/h13-14,17H,3-12H2,1-2H3,(H,18,19). The number of hydrogen-bond donors (Lipinski definition) is 2. The summed E-state index contributed by atoms with van der Waals surface area (Å²) in [6.07, 6.45) is 11.3. The van der Waals surface area contributed by atoms with Gasteiger partial charge in [-0.15, -0.1) is 0 Å². The first-order valence-electron chi connectivity index (χ1n) is 8.26. The largest absolute Gasteiger partial charge is 0.352 e. The number of thioether (sulfide) groups is 1. The molecule has 4 heteroatoms. The lowest BCUT2D eigenvalue weighted by atomic mass is 9.74. The number of carbonyl (C=O) groups is 1. The Hall–Kier alpha value is -0.220. The molecule has 2 N–H and O–H groups in total. The summed E-state index contributed by atoms with van der Waals surface area (Å²) < 4.78 is 0. The van der Waals surface area contributed by atoms with Gasteiger partial charge in [-0.1, -0.05) is 26.2 Å². The lowest BCUT2D eigenvalue weighted by Gasteiger charge is -2.39. The van der Waals surface area contributed by atoms with E-state index in [4.69, 9.17) is 0 Å². The Morgan fingerprint density at radius 3 is 2.65 bits per heavy atom. The lowest BCUT2D eigenvalue weighted by molar-refractivity contribution is -0.134. The minimum absolute atomic E-state index is 0.0968. The van der Waals surface area contributed by atoms with Crippen molar-refractivity contribution in [2.24, 2.45) is 5.41 Å². The van der Waals surface area contributed by atoms with Crippen LogP contribution in [0.25, 0.3) is 0 Å². The summed E-state index contributed by atoms with van der Waals surface area (Å²) in [7, 11) is 0. The Bertz CT molecular complexity index is 310. The van der Waals surface area contributed by atoms with Gasteiger partial charge in [0.2, 0.25) is 5.91 Å². The molecule has 1 amide bonds. The van der Waals surface area contributed by atoms with E-state index < -0.39 is 0 Å². The van der Waals surface area contributed by atoms with Crippen molar-refractivity contribution in [1.29, 1.82) is 0 Å². The summed E-state index contributed by atoms with van der Waals surface area (Å²) >= 11 is 1.93. The van der Waals surface area contributed by atoms with Gasteiger partial charge in [0.1, 0.15) is 0 Å². The highest BCUT2D eigenvalue weighted by Gasteiger charge is 2.40. The van der Waals surface area contributed by atoms with E-state index in [2.05, 4.69) is 23.8 Å². The fraction of sp³-hybridized carbons (Fsp3) is 0.938. The van der Waals surface area contributed by atoms with E-state index in [1.54, 1.807) is 0 Å². The maximum absolute atomic E-state index is 12.9. The third-order valence-corrected chi connectivity index (χ3v) is 6.26. The van der Waals surface area contributed by atoms with Gasteiger partial charge in [-0.3, -0.25) is 4.79 Å². The normalized spacial score (nSPS) is 29.9. The molecule has 0 radical (unpaired) electrons. The van der Waals surface area contributed by atoms with Crippen LogP contribution in [-0.4, -0.2) is 36.5 Å². The molecule has 3 nitrogen and oxygen atoms in total. The van der Waals surface area contributed by atoms with Gasteiger partial charge in [0, 0.05) is 11.3 Å². The number of nitrogens with one attached hydrogen (secondary N) is 2. The molecule has 0 spiro atoms. The quantitative estimate of drug-likeness (QED) is 0.820. The first-order valence-corrected chi connectivity index (χ1v) is 9.55. The van der Waals surface area contributed by atoms with Crippen LogP contribution in [0.1, 0.15) is 58.3 Å². The van der Waals surface area contributed by atoms with Crippen LogP contribution in [0, 0.1) is 5.41 Å². The Balaban J connectivity index is 2.00. The predicted octanol–water partition coefficient (Wildman–Crippen LogP) is 2.95. The Kier molecular flexibility index (Phi) is 6.21. The van der Waals surface area contributed by atoms with E-state index in [1.807, 2.05) is 11.8 Å². The molecule has 1 aliphatic heterocycles. The van der Waals surface area contributed by atoms with Crippen molar-refractivity contribution < 1.29 is 4.79 Å². The second-order valence-corrected chi connectivity index (χ2v) is 7.50. The monoisotopic (exact) mass is 298 g/mol. The Morgan fingerprint density at radius 2 is 2.00 bits per heavy atom. The van der Waals surface area contributed by atoms with Crippen LogP contribution in [0.2, 0.25) is 0 Å². The van der Waals surface area contributed by atoms with Crippen molar-refractivity contribution in [1.82, 2.24) is 10.6 Å². The molecule has 1 heterocycles. The highest BCUT2D eigenvalue weighted by atomic mass is 32.2. The zero-order chi connectivity index (χ0) is 14.4. The van der Waals surface area contributed by atoms with Gasteiger partial charge >= 0.3 is 0 Å². The minimum Gasteiger partial charge on any atom is -0.352 e. The molecule has 2 rings (SSSR count). The van der Waals surface area contributed by atoms with Crippen molar-refractivity contribution in [2.75, 3.05) is 19.3 Å². The smallest absolute Gasteiger partial charge is 0.226 e. The van der Waals surface area contributed by atoms with Crippen LogP contribution in [0.3, 0.4) is 0 Å². The van der Waals surface area contributed by atoms with E-state index in [0.29, 0.717) is 17.2 Å². The predicted molar refractivity (Wildman–Crippen MR) is 87.1 cm³/mol. The molecule has 0 aromatic carbocycles. The molecule has 2 unspecified atom stereocenters. The van der Waals surface area contributed by atoms with Crippen LogP contribution in [-0.2, 0) is 4.79 Å². The van der Waals surface area contributed by atoms with E-state index >= 15 is 0 Å². The van der Waals surface area contributed by atoms with Gasteiger partial charge in [0.15, 0.2) is 0 Å². The molecule has 2 fully saturated rings. The SMILES string of the molecule is CCCC1(C(=O)NC2CCCCC2SC)CCNCC1. The van der Waals surface area contributed by atoms with Gasteiger partial charge < -0.3 is 10.6 Å². The molecule has 0 aromatic rings. The van der Waals surface area contributed by atoms with E-state index in [9.17, 15) is 4.79 Å². The van der Waals surface area contributed by atoms with Crippen LogP contribution >= 0.6 is 11.8 Å². The first kappa shape index (κ1) is 16.2. The van der Waals surface area contributed by atoms with E-state index in [1.165, 1.54) is 19.3 Å². The topological polar surface area (TPSA) is 41.1 Å². The summed E-state index contributed by atoms with van der Waals surface area (Å²) in [4.78, 5) is 12.9. The number of hydrogen-bond acceptors (Lipinski definition) is 3. The lowest BCUT2D eigenvalue weighted by Crippen LogP contribution is -2.53. The summed E-state index contributed by atoms with van der Waals surface area (Å²) in [5.41, 5.74) is -0.0968. The molecular formula is C16H30N2OS. The highest BCUT2D eigenvalue weighted by molar-refractivity contribution is 7.99. The van der Waals surface area contributed by atoms with Crippen LogP contribution in [0.5, 0.6) is 0 Å². The van der Waals surface area contributed by atoms with Gasteiger partial charge in [-0.2, -0.15) is 11.8 Å². The van der Waals surface area contributed by atoms with Gasteiger partial charge in [0.25, 0.3) is 0 Å². The maximum atomic E-state index is 12.9. The third-order valence-electron chi connectivity index (χ3n) is 5.09. The number of piperidine rings is 1. The van der Waals surface area contributed by atoms with Crippen LogP contribution in [0.4, 0.5) is 0 Å². The van der Waals surface area contributed by atoms with Crippen molar-refractivity contribution in [3.8, 4) is 0 Å². The molecule has 2 atom stereocenters. The number of rotatable bonds is 5. The van der Waals surface area contributed by atoms with Crippen molar-refractivity contribution in [2.45, 2.75) is 69.6 Å². The molecule has 1 saturated heterocycles. The van der Waals surface area contributed by atoms with Crippen molar-refractivity contribution in [3.63, 3.8) is 0 Å². The van der Waals surface area contributed by atoms with Crippen LogP contribution in [0.15, 0.2) is 0 Å². The van der Waals surface area contributed by atoms with Gasteiger partial charge in [-0.25, -0.2) is 0 Å². The van der Waals surface area contributed by atoms with Crippen LogP contribution < -0.4 is 10.6 Å². The highest BCUT2D eigenvalue weighted by Crippen LogP contribution is 2.35. The minimum atomic E-state index is -0.0968. The Labute approximate surface area is 128 Å². The molecule has 20 heavy (non-hydrogen) atoms. The summed E-state index contributed by atoms with van der Waals surface area (Å²) in [6, 6.07) is 0.398. The molecule has 1 aliphatic carbocycles. The second-order valence-electron chi connectivity index (χ2n) is 6.42.